The van der Waals surface area contributed by atoms with Crippen LogP contribution in [0.5, 0.6) is 0 Å². The summed E-state index contributed by atoms with van der Waals surface area (Å²) in [7, 11) is 0. The number of hydrogen-bond acceptors (Lipinski definition) is 4. The van der Waals surface area contributed by atoms with Crippen molar-refractivity contribution in [1.82, 2.24) is 19.8 Å². The summed E-state index contributed by atoms with van der Waals surface area (Å²) in [4.78, 5) is 14.5. The molecule has 0 spiro atoms. The average Bonchev–Trinajstić information content (AvgIpc) is 2.77. The standard InChI is InChI=1S/C26H28N4/c1-7-21-11-3-13-27-25(21)23(9-1)19-29-15-5-17-30(18-6-16-29)20-24-10-2-8-22-12-4-14-28-26(22)24/h1-4,7-14H,5-6,15-20H2. The summed E-state index contributed by atoms with van der Waals surface area (Å²) in [5.41, 5.74) is 4.97. The van der Waals surface area contributed by atoms with Crippen LogP contribution in [0.1, 0.15) is 24.0 Å². The van der Waals surface area contributed by atoms with Gasteiger partial charge in [0.1, 0.15) is 0 Å². The Morgan fingerprint density at radius 2 is 1.00 bits per heavy atom. The van der Waals surface area contributed by atoms with Gasteiger partial charge in [-0.3, -0.25) is 19.8 Å². The Labute approximate surface area is 178 Å². The second-order valence-corrected chi connectivity index (χ2v) is 8.24. The van der Waals surface area contributed by atoms with E-state index in [0.29, 0.717) is 0 Å². The van der Waals surface area contributed by atoms with Crippen molar-refractivity contribution < 1.29 is 0 Å². The minimum absolute atomic E-state index is 0.988. The molecule has 1 aliphatic rings. The zero-order chi connectivity index (χ0) is 20.2. The van der Waals surface area contributed by atoms with Crippen LogP contribution in [0.3, 0.4) is 0 Å². The minimum Gasteiger partial charge on any atom is -0.299 e. The third-order valence-corrected chi connectivity index (χ3v) is 6.12. The molecular formula is C26H28N4. The number of para-hydroxylation sites is 2. The summed E-state index contributed by atoms with van der Waals surface area (Å²) in [5.74, 6) is 0. The van der Waals surface area contributed by atoms with Crippen molar-refractivity contribution in [3.8, 4) is 0 Å². The van der Waals surface area contributed by atoms with Gasteiger partial charge in [0.15, 0.2) is 0 Å². The first-order valence-corrected chi connectivity index (χ1v) is 11.0. The van der Waals surface area contributed by atoms with Crippen LogP contribution in [0.4, 0.5) is 0 Å². The van der Waals surface area contributed by atoms with Gasteiger partial charge in [-0.25, -0.2) is 0 Å². The Balaban J connectivity index is 1.23. The highest BCUT2D eigenvalue weighted by Crippen LogP contribution is 2.21. The molecule has 0 aliphatic carbocycles. The average molecular weight is 397 g/mol. The number of benzene rings is 2. The van der Waals surface area contributed by atoms with E-state index in [1.807, 2.05) is 24.5 Å². The number of pyridine rings is 2. The largest absolute Gasteiger partial charge is 0.299 e. The highest BCUT2D eigenvalue weighted by atomic mass is 15.2. The van der Waals surface area contributed by atoms with Gasteiger partial charge in [-0.05, 0) is 62.3 Å². The van der Waals surface area contributed by atoms with E-state index in [1.165, 1.54) is 34.7 Å². The number of rotatable bonds is 4. The van der Waals surface area contributed by atoms with Gasteiger partial charge in [0, 0.05) is 36.3 Å². The van der Waals surface area contributed by atoms with Crippen molar-refractivity contribution in [3.05, 3.63) is 84.2 Å². The Kier molecular flexibility index (Phi) is 5.69. The van der Waals surface area contributed by atoms with Crippen molar-refractivity contribution in [2.45, 2.75) is 25.9 Å². The van der Waals surface area contributed by atoms with Gasteiger partial charge < -0.3 is 0 Å². The quantitative estimate of drug-likeness (QED) is 0.492. The zero-order valence-electron chi connectivity index (χ0n) is 17.4. The van der Waals surface area contributed by atoms with Crippen LogP contribution < -0.4 is 0 Å². The molecule has 2 aromatic heterocycles. The lowest BCUT2D eigenvalue weighted by atomic mass is 10.1. The molecule has 0 radical (unpaired) electrons. The van der Waals surface area contributed by atoms with Gasteiger partial charge >= 0.3 is 0 Å². The van der Waals surface area contributed by atoms with E-state index >= 15 is 0 Å². The van der Waals surface area contributed by atoms with E-state index in [0.717, 1.165) is 50.3 Å². The molecule has 4 aromatic rings. The molecule has 4 nitrogen and oxygen atoms in total. The number of aromatic nitrogens is 2. The Bertz CT molecular complexity index is 1030. The van der Waals surface area contributed by atoms with Crippen LogP contribution in [0.2, 0.25) is 0 Å². The van der Waals surface area contributed by atoms with Gasteiger partial charge in [-0.2, -0.15) is 0 Å². The topological polar surface area (TPSA) is 32.3 Å². The fraction of sp³-hybridized carbons (Fsp3) is 0.308. The molecular weight excluding hydrogens is 368 g/mol. The van der Waals surface area contributed by atoms with E-state index in [1.54, 1.807) is 0 Å². The van der Waals surface area contributed by atoms with Crippen LogP contribution in [-0.2, 0) is 13.1 Å². The second kappa shape index (κ2) is 8.90. The Morgan fingerprint density at radius 3 is 1.47 bits per heavy atom. The van der Waals surface area contributed by atoms with E-state index in [9.17, 15) is 0 Å². The molecule has 5 rings (SSSR count). The first kappa shape index (κ1) is 19.2. The smallest absolute Gasteiger partial charge is 0.0746 e. The van der Waals surface area contributed by atoms with Gasteiger partial charge in [0.05, 0.1) is 11.0 Å². The van der Waals surface area contributed by atoms with Crippen molar-refractivity contribution in [2.24, 2.45) is 0 Å². The molecule has 1 saturated heterocycles. The molecule has 3 heterocycles. The molecule has 1 fully saturated rings. The molecule has 0 bridgehead atoms. The lowest BCUT2D eigenvalue weighted by molar-refractivity contribution is 0.173. The molecule has 30 heavy (non-hydrogen) atoms. The van der Waals surface area contributed by atoms with E-state index < -0.39 is 0 Å². The van der Waals surface area contributed by atoms with Gasteiger partial charge in [0.2, 0.25) is 0 Å². The number of fused-ring (bicyclic) bond motifs is 2. The van der Waals surface area contributed by atoms with Crippen molar-refractivity contribution in [2.75, 3.05) is 26.2 Å². The van der Waals surface area contributed by atoms with Crippen LogP contribution in [-0.4, -0.2) is 45.9 Å². The molecule has 4 heteroatoms. The number of hydrogen-bond donors (Lipinski definition) is 0. The molecule has 0 N–H and O–H groups in total. The molecule has 152 valence electrons. The highest BCUT2D eigenvalue weighted by molar-refractivity contribution is 5.82. The summed E-state index contributed by atoms with van der Waals surface area (Å²) >= 11 is 0. The maximum absolute atomic E-state index is 4.63. The molecule has 0 unspecified atom stereocenters. The normalized spacial score (nSPS) is 16.5. The summed E-state index contributed by atoms with van der Waals surface area (Å²) in [5, 5.41) is 2.47. The SMILES string of the molecule is c1cnc2c(CN3CCCN(Cc4cccc5cccnc45)CCC3)cccc2c1. The van der Waals surface area contributed by atoms with Crippen molar-refractivity contribution in [3.63, 3.8) is 0 Å². The maximum Gasteiger partial charge on any atom is 0.0746 e. The summed E-state index contributed by atoms with van der Waals surface area (Å²) in [6.45, 7) is 6.51. The van der Waals surface area contributed by atoms with E-state index in [-0.39, 0.29) is 0 Å². The molecule has 0 amide bonds. The van der Waals surface area contributed by atoms with Crippen LogP contribution in [0.25, 0.3) is 21.8 Å². The first-order chi connectivity index (χ1) is 14.9. The molecule has 1 aliphatic heterocycles. The fourth-order valence-corrected chi connectivity index (χ4v) is 4.65. The van der Waals surface area contributed by atoms with Crippen molar-refractivity contribution >= 4 is 21.8 Å². The highest BCUT2D eigenvalue weighted by Gasteiger charge is 2.15. The summed E-state index contributed by atoms with van der Waals surface area (Å²) < 4.78 is 0. The number of nitrogens with zero attached hydrogens (tertiary/aromatic N) is 4. The third kappa shape index (κ3) is 4.20. The summed E-state index contributed by atoms with van der Waals surface area (Å²) in [6, 6.07) is 21.4. The van der Waals surface area contributed by atoms with Gasteiger partial charge in [0.25, 0.3) is 0 Å². The minimum atomic E-state index is 0.988. The van der Waals surface area contributed by atoms with Crippen LogP contribution in [0, 0.1) is 0 Å². The zero-order valence-corrected chi connectivity index (χ0v) is 17.4. The second-order valence-electron chi connectivity index (χ2n) is 8.24. The van der Waals surface area contributed by atoms with Gasteiger partial charge in [-0.1, -0.05) is 48.5 Å². The Hall–Kier alpha value is -2.82. The molecule has 2 aromatic carbocycles. The van der Waals surface area contributed by atoms with Gasteiger partial charge in [-0.15, -0.1) is 0 Å². The van der Waals surface area contributed by atoms with Crippen LogP contribution in [0.15, 0.2) is 73.1 Å². The third-order valence-electron chi connectivity index (χ3n) is 6.12. The monoisotopic (exact) mass is 396 g/mol. The van der Waals surface area contributed by atoms with E-state index in [4.69, 9.17) is 0 Å². The van der Waals surface area contributed by atoms with E-state index in [2.05, 4.69) is 68.3 Å². The first-order valence-electron chi connectivity index (χ1n) is 11.0. The lowest BCUT2D eigenvalue weighted by Gasteiger charge is -2.30. The summed E-state index contributed by atoms with van der Waals surface area (Å²) in [6.07, 6.45) is 6.19. The lowest BCUT2D eigenvalue weighted by Crippen LogP contribution is -2.36. The predicted octanol–water partition coefficient (Wildman–Crippen LogP) is 4.88. The van der Waals surface area contributed by atoms with Crippen LogP contribution >= 0.6 is 0 Å². The molecule has 0 saturated carbocycles. The predicted molar refractivity (Wildman–Crippen MR) is 123 cm³/mol. The Morgan fingerprint density at radius 1 is 0.567 bits per heavy atom. The van der Waals surface area contributed by atoms with Crippen molar-refractivity contribution in [1.29, 1.82) is 0 Å². The fourth-order valence-electron chi connectivity index (χ4n) is 4.65. The molecule has 0 atom stereocenters. The maximum atomic E-state index is 4.63.